The molecule has 2 fully saturated rings. The molecule has 2 aliphatic heterocycles. The minimum atomic E-state index is 0.152. The Labute approximate surface area is 129 Å². The molecule has 0 saturated carbocycles. The number of hydrogen-bond donors (Lipinski definition) is 1. The van der Waals surface area contributed by atoms with E-state index < -0.39 is 0 Å². The monoisotopic (exact) mass is 296 g/mol. The average molecular weight is 296 g/mol. The number of para-hydroxylation sites is 1. The minimum absolute atomic E-state index is 0.152. The van der Waals surface area contributed by atoms with Gasteiger partial charge in [-0.25, -0.2) is 0 Å². The molecule has 22 heavy (non-hydrogen) atoms. The van der Waals surface area contributed by atoms with E-state index in [4.69, 9.17) is 4.74 Å². The Morgan fingerprint density at radius 3 is 2.77 bits per heavy atom. The standard InChI is InChI=1S/C18H20N2O2/c21-17(14-7-15-10-22-11-16(8-14)20-15)9-13-4-1-3-12-5-2-6-19-18(12)13/h1-6,14-16,20H,7-11H2. The van der Waals surface area contributed by atoms with Crippen LogP contribution in [0, 0.1) is 5.92 Å². The highest BCUT2D eigenvalue weighted by molar-refractivity contribution is 5.89. The molecule has 0 spiro atoms. The maximum absolute atomic E-state index is 12.7. The zero-order valence-electron chi connectivity index (χ0n) is 12.5. The molecule has 2 saturated heterocycles. The van der Waals surface area contributed by atoms with Gasteiger partial charge in [-0.1, -0.05) is 24.3 Å². The summed E-state index contributed by atoms with van der Waals surface area (Å²) < 4.78 is 5.56. The molecule has 1 aromatic heterocycles. The van der Waals surface area contributed by atoms with Gasteiger partial charge in [-0.15, -0.1) is 0 Å². The fraction of sp³-hybridized carbons (Fsp3) is 0.444. The van der Waals surface area contributed by atoms with Crippen molar-refractivity contribution in [2.75, 3.05) is 13.2 Å². The number of pyridine rings is 1. The lowest BCUT2D eigenvalue weighted by Gasteiger charge is -2.39. The number of nitrogens with one attached hydrogen (secondary N) is 1. The molecule has 2 aromatic rings. The molecule has 0 aliphatic carbocycles. The van der Waals surface area contributed by atoms with Gasteiger partial charge in [0.05, 0.1) is 18.7 Å². The van der Waals surface area contributed by atoms with Crippen LogP contribution in [0.15, 0.2) is 36.5 Å². The van der Waals surface area contributed by atoms with E-state index >= 15 is 0 Å². The highest BCUT2D eigenvalue weighted by atomic mass is 16.5. The number of piperidine rings is 1. The predicted molar refractivity (Wildman–Crippen MR) is 84.7 cm³/mol. The molecule has 1 aromatic carbocycles. The first-order valence-electron chi connectivity index (χ1n) is 7.99. The third-order valence-corrected chi connectivity index (χ3v) is 4.78. The molecule has 2 bridgehead atoms. The van der Waals surface area contributed by atoms with Crippen LogP contribution in [0.1, 0.15) is 18.4 Å². The molecule has 1 N–H and O–H groups in total. The van der Waals surface area contributed by atoms with Crippen molar-refractivity contribution in [3.8, 4) is 0 Å². The van der Waals surface area contributed by atoms with Crippen LogP contribution in [0.25, 0.3) is 10.9 Å². The van der Waals surface area contributed by atoms with Gasteiger partial charge >= 0.3 is 0 Å². The third-order valence-electron chi connectivity index (χ3n) is 4.78. The van der Waals surface area contributed by atoms with Crippen molar-refractivity contribution in [3.63, 3.8) is 0 Å². The van der Waals surface area contributed by atoms with Gasteiger partial charge in [0, 0.05) is 36.0 Å². The first-order valence-corrected chi connectivity index (χ1v) is 7.99. The zero-order chi connectivity index (χ0) is 14.9. The predicted octanol–water partition coefficient (Wildman–Crippen LogP) is 2.11. The second-order valence-corrected chi connectivity index (χ2v) is 6.40. The first-order chi connectivity index (χ1) is 10.8. The second-order valence-electron chi connectivity index (χ2n) is 6.40. The summed E-state index contributed by atoms with van der Waals surface area (Å²) in [4.78, 5) is 17.2. The third kappa shape index (κ3) is 2.64. The van der Waals surface area contributed by atoms with Crippen molar-refractivity contribution in [1.29, 1.82) is 0 Å². The Hall–Kier alpha value is -1.78. The minimum Gasteiger partial charge on any atom is -0.378 e. The Morgan fingerprint density at radius 1 is 1.18 bits per heavy atom. The summed E-state index contributed by atoms with van der Waals surface area (Å²) in [5.74, 6) is 0.496. The highest BCUT2D eigenvalue weighted by Crippen LogP contribution is 2.27. The van der Waals surface area contributed by atoms with Crippen LogP contribution < -0.4 is 5.32 Å². The molecule has 2 unspecified atom stereocenters. The number of ether oxygens (including phenoxy) is 1. The second kappa shape index (κ2) is 5.78. The quantitative estimate of drug-likeness (QED) is 0.942. The number of carbonyl (C=O) groups excluding carboxylic acids is 1. The van der Waals surface area contributed by atoms with Crippen molar-refractivity contribution >= 4 is 16.7 Å². The molecule has 114 valence electrons. The Morgan fingerprint density at radius 2 is 1.95 bits per heavy atom. The molecule has 4 heteroatoms. The lowest BCUT2D eigenvalue weighted by atomic mass is 9.82. The Bertz CT molecular complexity index is 683. The number of nitrogens with zero attached hydrogens (tertiary/aromatic N) is 1. The van der Waals surface area contributed by atoms with Gasteiger partial charge in [0.15, 0.2) is 0 Å². The van der Waals surface area contributed by atoms with Crippen molar-refractivity contribution in [1.82, 2.24) is 10.3 Å². The van der Waals surface area contributed by atoms with Gasteiger partial charge in [0.25, 0.3) is 0 Å². The van der Waals surface area contributed by atoms with Gasteiger partial charge < -0.3 is 10.1 Å². The van der Waals surface area contributed by atoms with E-state index in [1.54, 1.807) is 6.20 Å². The summed E-state index contributed by atoms with van der Waals surface area (Å²) in [5, 5.41) is 4.64. The number of fused-ring (bicyclic) bond motifs is 3. The summed E-state index contributed by atoms with van der Waals surface area (Å²) in [6.45, 7) is 1.46. The molecule has 4 rings (SSSR count). The van der Waals surface area contributed by atoms with Crippen LogP contribution in [0.2, 0.25) is 0 Å². The van der Waals surface area contributed by atoms with E-state index in [-0.39, 0.29) is 5.92 Å². The summed E-state index contributed by atoms with van der Waals surface area (Å²) in [6, 6.07) is 10.7. The Kier molecular flexibility index (Phi) is 3.64. The molecule has 4 nitrogen and oxygen atoms in total. The molecule has 3 heterocycles. The number of hydrogen-bond acceptors (Lipinski definition) is 4. The average Bonchev–Trinajstić information content (AvgIpc) is 2.55. The van der Waals surface area contributed by atoms with Crippen LogP contribution >= 0.6 is 0 Å². The number of ketones is 1. The van der Waals surface area contributed by atoms with E-state index in [0.717, 1.165) is 42.5 Å². The molecular weight excluding hydrogens is 276 g/mol. The molecule has 0 amide bonds. The molecular formula is C18H20N2O2. The van der Waals surface area contributed by atoms with Gasteiger partial charge in [0.1, 0.15) is 5.78 Å². The normalized spacial score (nSPS) is 27.7. The van der Waals surface area contributed by atoms with E-state index in [0.29, 0.717) is 24.3 Å². The maximum atomic E-state index is 12.7. The fourth-order valence-corrected chi connectivity index (χ4v) is 3.74. The largest absolute Gasteiger partial charge is 0.378 e. The summed E-state index contributed by atoms with van der Waals surface area (Å²) in [6.07, 6.45) is 4.07. The fourth-order valence-electron chi connectivity index (χ4n) is 3.74. The number of aromatic nitrogens is 1. The summed E-state index contributed by atoms with van der Waals surface area (Å²) in [5.41, 5.74) is 2.00. The lowest BCUT2D eigenvalue weighted by molar-refractivity contribution is -0.125. The summed E-state index contributed by atoms with van der Waals surface area (Å²) >= 11 is 0. The van der Waals surface area contributed by atoms with E-state index in [2.05, 4.69) is 10.3 Å². The zero-order valence-corrected chi connectivity index (χ0v) is 12.5. The number of carbonyl (C=O) groups is 1. The highest BCUT2D eigenvalue weighted by Gasteiger charge is 2.35. The van der Waals surface area contributed by atoms with E-state index in [1.807, 2.05) is 30.3 Å². The van der Waals surface area contributed by atoms with E-state index in [1.165, 1.54) is 0 Å². The summed E-state index contributed by atoms with van der Waals surface area (Å²) in [7, 11) is 0. The first kappa shape index (κ1) is 13.9. The van der Waals surface area contributed by atoms with Crippen LogP contribution in [0.5, 0.6) is 0 Å². The van der Waals surface area contributed by atoms with Crippen LogP contribution in [-0.4, -0.2) is 36.1 Å². The van der Waals surface area contributed by atoms with Gasteiger partial charge in [-0.05, 0) is 24.5 Å². The smallest absolute Gasteiger partial charge is 0.140 e. The van der Waals surface area contributed by atoms with E-state index in [9.17, 15) is 4.79 Å². The molecule has 2 atom stereocenters. The molecule has 2 aliphatic rings. The van der Waals surface area contributed by atoms with Crippen molar-refractivity contribution in [2.24, 2.45) is 5.92 Å². The van der Waals surface area contributed by atoms with Crippen LogP contribution in [0.4, 0.5) is 0 Å². The maximum Gasteiger partial charge on any atom is 0.140 e. The van der Waals surface area contributed by atoms with Crippen molar-refractivity contribution < 1.29 is 9.53 Å². The van der Waals surface area contributed by atoms with Gasteiger partial charge in [-0.3, -0.25) is 9.78 Å². The van der Waals surface area contributed by atoms with Crippen molar-refractivity contribution in [3.05, 3.63) is 42.1 Å². The Balaban J connectivity index is 1.54. The lowest BCUT2D eigenvalue weighted by Crippen LogP contribution is -2.55. The number of benzene rings is 1. The number of morpholine rings is 1. The number of rotatable bonds is 3. The van der Waals surface area contributed by atoms with Gasteiger partial charge in [0.2, 0.25) is 0 Å². The van der Waals surface area contributed by atoms with Crippen LogP contribution in [0.3, 0.4) is 0 Å². The topological polar surface area (TPSA) is 51.2 Å². The number of Topliss-reactive ketones (excluding diaryl/α,β-unsaturated/α-hetero) is 1. The molecule has 0 radical (unpaired) electrons. The van der Waals surface area contributed by atoms with Crippen molar-refractivity contribution in [2.45, 2.75) is 31.3 Å². The SMILES string of the molecule is O=C(Cc1cccc2cccnc12)C1CC2COCC(C1)N2. The van der Waals surface area contributed by atoms with Gasteiger partial charge in [-0.2, -0.15) is 0 Å². The van der Waals surface area contributed by atoms with Crippen LogP contribution in [-0.2, 0) is 16.0 Å².